The minimum Gasteiger partial charge on any atom is -0.386 e. The van der Waals surface area contributed by atoms with Gasteiger partial charge < -0.3 is 14.7 Å². The Labute approximate surface area is 192 Å². The van der Waals surface area contributed by atoms with Crippen LogP contribution in [0.3, 0.4) is 0 Å². The number of aromatic nitrogens is 2. The SMILES string of the molecule is Cn1nc(C(=O)N2CCC3(CC2)C[C@H](NS(C)(=O)=O)[C@@](C)(O)CO3)cc1-c1ccc(F)cc1. The average molecular weight is 481 g/mol. The minimum atomic E-state index is -3.50. The van der Waals surface area contributed by atoms with Crippen molar-refractivity contribution in [2.45, 2.75) is 43.4 Å². The molecule has 0 aliphatic carbocycles. The lowest BCUT2D eigenvalue weighted by Gasteiger charge is -2.50. The van der Waals surface area contributed by atoms with Crippen LogP contribution in [0.2, 0.25) is 0 Å². The largest absolute Gasteiger partial charge is 0.386 e. The molecule has 2 aliphatic heterocycles. The van der Waals surface area contributed by atoms with E-state index in [0.29, 0.717) is 43.7 Å². The van der Waals surface area contributed by atoms with Crippen molar-refractivity contribution in [3.63, 3.8) is 0 Å². The summed E-state index contributed by atoms with van der Waals surface area (Å²) in [5.74, 6) is -0.540. The van der Waals surface area contributed by atoms with Crippen LogP contribution in [0.4, 0.5) is 4.39 Å². The van der Waals surface area contributed by atoms with Crippen LogP contribution in [-0.2, 0) is 21.8 Å². The van der Waals surface area contributed by atoms with Gasteiger partial charge in [0.15, 0.2) is 5.69 Å². The molecule has 0 unspecified atom stereocenters. The second-order valence-corrected chi connectivity index (χ2v) is 11.1. The van der Waals surface area contributed by atoms with E-state index < -0.39 is 27.3 Å². The molecule has 1 spiro atoms. The quantitative estimate of drug-likeness (QED) is 0.682. The Morgan fingerprint density at radius 3 is 2.52 bits per heavy atom. The van der Waals surface area contributed by atoms with Crippen molar-refractivity contribution in [1.82, 2.24) is 19.4 Å². The molecule has 2 saturated heterocycles. The summed E-state index contributed by atoms with van der Waals surface area (Å²) in [6.45, 7) is 2.42. The number of halogens is 1. The molecular formula is C22H29FN4O5S. The van der Waals surface area contributed by atoms with Gasteiger partial charge in [-0.25, -0.2) is 17.5 Å². The van der Waals surface area contributed by atoms with Crippen LogP contribution < -0.4 is 4.72 Å². The lowest BCUT2D eigenvalue weighted by molar-refractivity contribution is -0.187. The van der Waals surface area contributed by atoms with Crippen LogP contribution >= 0.6 is 0 Å². The van der Waals surface area contributed by atoms with Gasteiger partial charge in [0.1, 0.15) is 11.4 Å². The summed E-state index contributed by atoms with van der Waals surface area (Å²) >= 11 is 0. The van der Waals surface area contributed by atoms with Gasteiger partial charge in [-0.05, 0) is 62.1 Å². The molecule has 4 rings (SSSR count). The van der Waals surface area contributed by atoms with Gasteiger partial charge in [0, 0.05) is 20.1 Å². The predicted octanol–water partition coefficient (Wildman–Crippen LogP) is 1.29. The molecule has 2 fully saturated rings. The average Bonchev–Trinajstić information content (AvgIpc) is 3.12. The molecule has 9 nitrogen and oxygen atoms in total. The van der Waals surface area contributed by atoms with Crippen molar-refractivity contribution in [1.29, 1.82) is 0 Å². The maximum absolute atomic E-state index is 13.2. The molecular weight excluding hydrogens is 451 g/mol. The van der Waals surface area contributed by atoms with E-state index >= 15 is 0 Å². The Bertz CT molecular complexity index is 1140. The van der Waals surface area contributed by atoms with Crippen molar-refractivity contribution in [2.75, 3.05) is 26.0 Å². The number of nitrogens with zero attached hydrogens (tertiary/aromatic N) is 3. The highest BCUT2D eigenvalue weighted by molar-refractivity contribution is 7.88. The lowest BCUT2D eigenvalue weighted by Crippen LogP contribution is -2.64. The maximum atomic E-state index is 13.2. The van der Waals surface area contributed by atoms with Crippen LogP contribution in [-0.4, -0.2) is 77.3 Å². The number of aryl methyl sites for hydroxylation is 1. The van der Waals surface area contributed by atoms with Gasteiger partial charge >= 0.3 is 0 Å². The standard InChI is InChI=1S/C22H29FN4O5S/c1-21(29)14-32-22(13-19(21)25-33(3,30)31)8-10-27(11-9-22)20(28)17-12-18(26(2)24-17)15-4-6-16(23)7-5-15/h4-7,12,19,25,29H,8-11,13-14H2,1-3H3/t19-,21-/m0/s1. The first-order chi connectivity index (χ1) is 15.4. The first-order valence-electron chi connectivity index (χ1n) is 10.8. The number of nitrogens with one attached hydrogen (secondary N) is 1. The Kier molecular flexibility index (Phi) is 6.10. The van der Waals surface area contributed by atoms with Crippen LogP contribution in [0, 0.1) is 5.82 Å². The fraction of sp³-hybridized carbons (Fsp3) is 0.545. The van der Waals surface area contributed by atoms with Gasteiger partial charge in [0.25, 0.3) is 5.91 Å². The monoisotopic (exact) mass is 480 g/mol. The van der Waals surface area contributed by atoms with E-state index in [2.05, 4.69) is 9.82 Å². The number of hydrogen-bond acceptors (Lipinski definition) is 6. The summed E-state index contributed by atoms with van der Waals surface area (Å²) < 4.78 is 46.9. The molecule has 2 aliphatic rings. The molecule has 0 saturated carbocycles. The third-order valence-electron chi connectivity index (χ3n) is 6.55. The Morgan fingerprint density at radius 2 is 1.91 bits per heavy atom. The normalized spacial score (nSPS) is 25.4. The maximum Gasteiger partial charge on any atom is 0.274 e. The van der Waals surface area contributed by atoms with Gasteiger partial charge in [-0.2, -0.15) is 5.10 Å². The van der Waals surface area contributed by atoms with Crippen LogP contribution in [0.5, 0.6) is 0 Å². The molecule has 11 heteroatoms. The van der Waals surface area contributed by atoms with Crippen LogP contribution in [0.25, 0.3) is 11.3 Å². The second kappa shape index (κ2) is 8.46. The Morgan fingerprint density at radius 1 is 1.27 bits per heavy atom. The number of carbonyl (C=O) groups excluding carboxylic acids is 1. The molecule has 3 heterocycles. The molecule has 1 amide bonds. The van der Waals surface area contributed by atoms with Crippen molar-refractivity contribution in [2.24, 2.45) is 7.05 Å². The highest BCUT2D eigenvalue weighted by atomic mass is 32.2. The van der Waals surface area contributed by atoms with E-state index in [0.717, 1.165) is 11.8 Å². The highest BCUT2D eigenvalue weighted by Crippen LogP contribution is 2.39. The van der Waals surface area contributed by atoms with E-state index in [1.807, 2.05) is 0 Å². The smallest absolute Gasteiger partial charge is 0.274 e. The number of ether oxygens (including phenoxy) is 1. The zero-order valence-electron chi connectivity index (χ0n) is 18.9. The van der Waals surface area contributed by atoms with Crippen molar-refractivity contribution in [3.8, 4) is 11.3 Å². The minimum absolute atomic E-state index is 0.00933. The number of sulfonamides is 1. The number of hydrogen-bond donors (Lipinski definition) is 2. The number of rotatable bonds is 4. The summed E-state index contributed by atoms with van der Waals surface area (Å²) in [6, 6.07) is 7.03. The van der Waals surface area contributed by atoms with Crippen molar-refractivity contribution < 1.29 is 27.4 Å². The summed E-state index contributed by atoms with van der Waals surface area (Å²) in [7, 11) is -1.77. The molecule has 2 aromatic rings. The summed E-state index contributed by atoms with van der Waals surface area (Å²) in [5, 5.41) is 14.9. The molecule has 0 bridgehead atoms. The zero-order valence-corrected chi connectivity index (χ0v) is 19.7. The Hall–Kier alpha value is -2.34. The molecule has 2 atom stereocenters. The molecule has 2 N–H and O–H groups in total. The van der Waals surface area contributed by atoms with Gasteiger partial charge in [-0.1, -0.05) is 0 Å². The molecule has 1 aromatic carbocycles. The summed E-state index contributed by atoms with van der Waals surface area (Å²) in [6.07, 6.45) is 2.44. The van der Waals surface area contributed by atoms with E-state index in [-0.39, 0.29) is 18.3 Å². The van der Waals surface area contributed by atoms with Gasteiger partial charge in [0.2, 0.25) is 10.0 Å². The van der Waals surface area contributed by atoms with E-state index in [4.69, 9.17) is 4.74 Å². The first-order valence-corrected chi connectivity index (χ1v) is 12.7. The predicted molar refractivity (Wildman–Crippen MR) is 119 cm³/mol. The summed E-state index contributed by atoms with van der Waals surface area (Å²) in [4.78, 5) is 14.8. The fourth-order valence-corrected chi connectivity index (χ4v) is 5.42. The second-order valence-electron chi connectivity index (χ2n) is 9.31. The molecule has 33 heavy (non-hydrogen) atoms. The number of likely N-dealkylation sites (tertiary alicyclic amines) is 1. The van der Waals surface area contributed by atoms with Gasteiger partial charge in [-0.15, -0.1) is 0 Å². The first kappa shape index (κ1) is 23.8. The summed E-state index contributed by atoms with van der Waals surface area (Å²) in [5.41, 5.74) is -0.150. The third-order valence-corrected chi connectivity index (χ3v) is 7.27. The topological polar surface area (TPSA) is 114 Å². The number of amides is 1. The Balaban J connectivity index is 1.44. The number of benzene rings is 1. The van der Waals surface area contributed by atoms with E-state index in [1.165, 1.54) is 12.1 Å². The number of aliphatic hydroxyl groups is 1. The molecule has 0 radical (unpaired) electrons. The number of carbonyl (C=O) groups is 1. The van der Waals surface area contributed by atoms with Gasteiger partial charge in [-0.3, -0.25) is 9.48 Å². The molecule has 1 aromatic heterocycles. The fourth-order valence-electron chi connectivity index (χ4n) is 4.57. The van der Waals surface area contributed by atoms with E-state index in [1.54, 1.807) is 41.8 Å². The highest BCUT2D eigenvalue weighted by Gasteiger charge is 2.49. The van der Waals surface area contributed by atoms with Gasteiger partial charge in [0.05, 0.1) is 30.2 Å². The third kappa shape index (κ3) is 5.11. The van der Waals surface area contributed by atoms with Crippen LogP contribution in [0.15, 0.2) is 30.3 Å². The lowest BCUT2D eigenvalue weighted by atomic mass is 9.78. The van der Waals surface area contributed by atoms with Crippen LogP contribution in [0.1, 0.15) is 36.7 Å². The van der Waals surface area contributed by atoms with Crippen molar-refractivity contribution in [3.05, 3.63) is 41.8 Å². The zero-order chi connectivity index (χ0) is 24.0. The van der Waals surface area contributed by atoms with E-state index in [9.17, 15) is 22.7 Å². The number of piperidine rings is 1. The molecule has 180 valence electrons. The van der Waals surface area contributed by atoms with Crippen molar-refractivity contribution >= 4 is 15.9 Å².